The third-order valence-corrected chi connectivity index (χ3v) is 4.83. The minimum atomic E-state index is -0.459. The fourth-order valence-electron chi connectivity index (χ4n) is 3.31. The van der Waals surface area contributed by atoms with Gasteiger partial charge in [-0.15, -0.1) is 0 Å². The first kappa shape index (κ1) is 14.8. The van der Waals surface area contributed by atoms with E-state index in [-0.39, 0.29) is 17.3 Å². The van der Waals surface area contributed by atoms with E-state index in [0.717, 1.165) is 31.1 Å². The highest BCUT2D eigenvalue weighted by molar-refractivity contribution is 5.83. The van der Waals surface area contributed by atoms with Crippen LogP contribution < -0.4 is 5.56 Å². The summed E-state index contributed by atoms with van der Waals surface area (Å²) >= 11 is 0. The fourth-order valence-corrected chi connectivity index (χ4v) is 3.31. The van der Waals surface area contributed by atoms with Gasteiger partial charge in [-0.05, 0) is 48.6 Å². The second-order valence-corrected chi connectivity index (χ2v) is 6.95. The zero-order valence-electron chi connectivity index (χ0n) is 12.9. The largest absolute Gasteiger partial charge is 0.312 e. The van der Waals surface area contributed by atoms with Crippen LogP contribution in [0, 0.1) is 15.5 Å². The molecular weight excluding hydrogens is 280 g/mol. The monoisotopic (exact) mass is 300 g/mol. The molecule has 1 aromatic carbocycles. The van der Waals surface area contributed by atoms with Gasteiger partial charge in [0.2, 0.25) is 0 Å². The number of rotatable bonds is 2. The summed E-state index contributed by atoms with van der Waals surface area (Å²) in [5.41, 5.74) is 0.188. The zero-order valence-corrected chi connectivity index (χ0v) is 12.9. The molecule has 0 aliphatic heterocycles. The van der Waals surface area contributed by atoms with Crippen LogP contribution in [0.25, 0.3) is 10.8 Å². The van der Waals surface area contributed by atoms with Gasteiger partial charge in [-0.25, -0.2) is 0 Å². The summed E-state index contributed by atoms with van der Waals surface area (Å²) in [4.78, 5) is 23.2. The molecule has 1 fully saturated rings. The van der Waals surface area contributed by atoms with E-state index >= 15 is 0 Å². The quantitative estimate of drug-likeness (QED) is 0.620. The summed E-state index contributed by atoms with van der Waals surface area (Å²) in [6.07, 6.45) is 5.98. The summed E-state index contributed by atoms with van der Waals surface area (Å²) < 4.78 is 1.77. The smallest absolute Gasteiger partial charge is 0.270 e. The predicted molar refractivity (Wildman–Crippen MR) is 86.1 cm³/mol. The lowest BCUT2D eigenvalue weighted by atomic mass is 9.75. The number of nitrogens with zero attached hydrogens (tertiary/aromatic N) is 2. The maximum absolute atomic E-state index is 12.7. The lowest BCUT2D eigenvalue weighted by Crippen LogP contribution is -2.29. The number of benzene rings is 1. The van der Waals surface area contributed by atoms with Crippen LogP contribution in [0.15, 0.2) is 35.3 Å². The highest BCUT2D eigenvalue weighted by atomic mass is 16.6. The van der Waals surface area contributed by atoms with Gasteiger partial charge in [0, 0.05) is 24.4 Å². The van der Waals surface area contributed by atoms with Crippen LogP contribution in [-0.4, -0.2) is 9.49 Å². The first-order chi connectivity index (χ1) is 10.4. The van der Waals surface area contributed by atoms with E-state index in [1.165, 1.54) is 12.1 Å². The highest BCUT2D eigenvalue weighted by Crippen LogP contribution is 2.39. The van der Waals surface area contributed by atoms with Gasteiger partial charge in [0.15, 0.2) is 0 Å². The van der Waals surface area contributed by atoms with E-state index in [1.54, 1.807) is 10.6 Å². The van der Waals surface area contributed by atoms with E-state index in [4.69, 9.17) is 0 Å². The van der Waals surface area contributed by atoms with E-state index in [0.29, 0.717) is 10.8 Å². The van der Waals surface area contributed by atoms with Crippen molar-refractivity contribution in [3.8, 4) is 0 Å². The number of pyridine rings is 1. The Hall–Kier alpha value is -2.17. The third-order valence-electron chi connectivity index (χ3n) is 4.83. The molecule has 22 heavy (non-hydrogen) atoms. The SMILES string of the molecule is CC1(C)CCC(n2ccc3ccc([N+](=O)[O-])cc3c2=O)CC1. The van der Waals surface area contributed by atoms with Crippen LogP contribution in [0.2, 0.25) is 0 Å². The van der Waals surface area contributed by atoms with Gasteiger partial charge in [-0.1, -0.05) is 13.8 Å². The second kappa shape index (κ2) is 5.23. The molecule has 0 saturated heterocycles. The molecule has 5 heteroatoms. The van der Waals surface area contributed by atoms with Crippen molar-refractivity contribution in [1.29, 1.82) is 0 Å². The number of nitro groups is 1. The normalized spacial score (nSPS) is 18.5. The molecule has 5 nitrogen and oxygen atoms in total. The minimum Gasteiger partial charge on any atom is -0.312 e. The van der Waals surface area contributed by atoms with Gasteiger partial charge >= 0.3 is 0 Å². The molecule has 3 rings (SSSR count). The maximum atomic E-state index is 12.7. The predicted octanol–water partition coefficient (Wildman–Crippen LogP) is 4.05. The summed E-state index contributed by atoms with van der Waals surface area (Å²) in [7, 11) is 0. The standard InChI is InChI=1S/C17H20N2O3/c1-17(2)8-5-13(6-9-17)18-10-7-12-3-4-14(19(21)22)11-15(12)16(18)20/h3-4,7,10-11,13H,5-6,8-9H2,1-2H3. The van der Waals surface area contributed by atoms with Gasteiger partial charge in [0.05, 0.1) is 10.3 Å². The van der Waals surface area contributed by atoms with Gasteiger partial charge in [0.25, 0.3) is 11.2 Å². The maximum Gasteiger partial charge on any atom is 0.270 e. The van der Waals surface area contributed by atoms with E-state index in [1.807, 2.05) is 12.3 Å². The molecule has 1 aliphatic carbocycles. The molecular formula is C17H20N2O3. The molecule has 0 unspecified atom stereocenters. The molecule has 0 N–H and O–H groups in total. The topological polar surface area (TPSA) is 65.1 Å². The number of nitro benzene ring substituents is 1. The Morgan fingerprint density at radius 2 is 1.91 bits per heavy atom. The second-order valence-electron chi connectivity index (χ2n) is 6.95. The van der Waals surface area contributed by atoms with Crippen molar-refractivity contribution in [3.63, 3.8) is 0 Å². The van der Waals surface area contributed by atoms with Crippen molar-refractivity contribution in [2.75, 3.05) is 0 Å². The van der Waals surface area contributed by atoms with Crippen LogP contribution in [-0.2, 0) is 0 Å². The van der Waals surface area contributed by atoms with Crippen molar-refractivity contribution >= 4 is 16.5 Å². The fraction of sp³-hybridized carbons (Fsp3) is 0.471. The van der Waals surface area contributed by atoms with Crippen LogP contribution in [0.1, 0.15) is 45.6 Å². The van der Waals surface area contributed by atoms with Crippen LogP contribution in [0.5, 0.6) is 0 Å². The first-order valence-electron chi connectivity index (χ1n) is 7.67. The molecule has 0 atom stereocenters. The molecule has 1 heterocycles. The molecule has 116 valence electrons. The van der Waals surface area contributed by atoms with Crippen LogP contribution in [0.3, 0.4) is 0 Å². The van der Waals surface area contributed by atoms with E-state index in [2.05, 4.69) is 13.8 Å². The number of hydrogen-bond acceptors (Lipinski definition) is 3. The molecule has 0 amide bonds. The Bertz CT molecular complexity index is 782. The van der Waals surface area contributed by atoms with Gasteiger partial charge < -0.3 is 4.57 Å². The molecule has 0 radical (unpaired) electrons. The molecule has 0 spiro atoms. The van der Waals surface area contributed by atoms with Gasteiger partial charge in [-0.2, -0.15) is 0 Å². The summed E-state index contributed by atoms with van der Waals surface area (Å²) in [5, 5.41) is 12.1. The number of non-ortho nitro benzene ring substituents is 1. The summed E-state index contributed by atoms with van der Waals surface area (Å²) in [5.74, 6) is 0. The summed E-state index contributed by atoms with van der Waals surface area (Å²) in [6.45, 7) is 4.52. The molecule has 1 aliphatic rings. The minimum absolute atomic E-state index is 0.0351. The molecule has 1 aromatic heterocycles. The van der Waals surface area contributed by atoms with Gasteiger partial charge in [-0.3, -0.25) is 14.9 Å². The number of hydrogen-bond donors (Lipinski definition) is 0. The summed E-state index contributed by atoms with van der Waals surface area (Å²) in [6, 6.07) is 6.55. The highest BCUT2D eigenvalue weighted by Gasteiger charge is 2.28. The Kier molecular flexibility index (Phi) is 3.51. The first-order valence-corrected chi connectivity index (χ1v) is 7.67. The zero-order chi connectivity index (χ0) is 15.9. The third kappa shape index (κ3) is 2.63. The van der Waals surface area contributed by atoms with Crippen molar-refractivity contribution in [2.45, 2.75) is 45.6 Å². The molecule has 2 aromatic rings. The Balaban J connectivity index is 2.03. The van der Waals surface area contributed by atoms with Crippen molar-refractivity contribution in [3.05, 3.63) is 50.9 Å². The van der Waals surface area contributed by atoms with Crippen molar-refractivity contribution < 1.29 is 4.92 Å². The Morgan fingerprint density at radius 1 is 1.23 bits per heavy atom. The van der Waals surface area contributed by atoms with E-state index < -0.39 is 4.92 Å². The van der Waals surface area contributed by atoms with Crippen molar-refractivity contribution in [2.24, 2.45) is 5.41 Å². The van der Waals surface area contributed by atoms with Gasteiger partial charge in [0.1, 0.15) is 0 Å². The van der Waals surface area contributed by atoms with Crippen LogP contribution in [0.4, 0.5) is 5.69 Å². The average Bonchev–Trinajstić information content (AvgIpc) is 2.48. The molecule has 1 saturated carbocycles. The molecule has 0 bridgehead atoms. The van der Waals surface area contributed by atoms with Crippen LogP contribution >= 0.6 is 0 Å². The number of fused-ring (bicyclic) bond motifs is 1. The number of aromatic nitrogens is 1. The average molecular weight is 300 g/mol. The lowest BCUT2D eigenvalue weighted by molar-refractivity contribution is -0.384. The Morgan fingerprint density at radius 3 is 2.55 bits per heavy atom. The van der Waals surface area contributed by atoms with E-state index in [9.17, 15) is 14.9 Å². The van der Waals surface area contributed by atoms with Crippen molar-refractivity contribution in [1.82, 2.24) is 4.57 Å². The lowest BCUT2D eigenvalue weighted by Gasteiger charge is -2.35. The Labute approximate surface area is 128 Å².